The molecule has 0 bridgehead atoms. The number of carbonyl (C=O) groups is 1. The van der Waals surface area contributed by atoms with E-state index < -0.39 is 5.97 Å². The first-order valence-electron chi connectivity index (χ1n) is 6.01. The van der Waals surface area contributed by atoms with Gasteiger partial charge in [0.25, 0.3) is 0 Å². The number of carboxylic acid groups (broad SMARTS) is 1. The van der Waals surface area contributed by atoms with Crippen LogP contribution < -0.4 is 0 Å². The minimum Gasteiger partial charge on any atom is -0.477 e. The zero-order chi connectivity index (χ0) is 13.4. The van der Waals surface area contributed by atoms with Crippen molar-refractivity contribution in [2.24, 2.45) is 0 Å². The fraction of sp³-hybridized carbons (Fsp3) is 0.133. The zero-order valence-corrected chi connectivity index (χ0v) is 11.3. The minimum absolute atomic E-state index is 0.350. The van der Waals surface area contributed by atoms with Crippen LogP contribution in [0.3, 0.4) is 0 Å². The lowest BCUT2D eigenvalue weighted by Gasteiger charge is -2.08. The van der Waals surface area contributed by atoms with Crippen molar-refractivity contribution in [1.29, 1.82) is 0 Å². The van der Waals surface area contributed by atoms with Crippen molar-refractivity contribution >= 4 is 27.5 Å². The van der Waals surface area contributed by atoms with Crippen LogP contribution in [-0.4, -0.2) is 15.6 Å². The number of thiophene rings is 1. The maximum Gasteiger partial charge on any atom is 0.352 e. The van der Waals surface area contributed by atoms with Gasteiger partial charge in [-0.25, -0.2) is 4.79 Å². The van der Waals surface area contributed by atoms with Crippen LogP contribution in [0.1, 0.15) is 21.6 Å². The van der Waals surface area contributed by atoms with E-state index in [0.717, 1.165) is 15.8 Å². The first kappa shape index (κ1) is 12.0. The van der Waals surface area contributed by atoms with Gasteiger partial charge in [0.05, 0.1) is 10.2 Å². The van der Waals surface area contributed by atoms with Crippen LogP contribution in [0.4, 0.5) is 0 Å². The summed E-state index contributed by atoms with van der Waals surface area (Å²) in [7, 11) is 0. The fourth-order valence-electron chi connectivity index (χ4n) is 2.32. The van der Waals surface area contributed by atoms with Crippen LogP contribution in [0.2, 0.25) is 0 Å². The van der Waals surface area contributed by atoms with E-state index in [4.69, 9.17) is 0 Å². The summed E-state index contributed by atoms with van der Waals surface area (Å²) in [5.74, 6) is -0.879. The van der Waals surface area contributed by atoms with Crippen LogP contribution >= 0.6 is 11.3 Å². The van der Waals surface area contributed by atoms with E-state index in [1.807, 2.05) is 41.1 Å². The number of carboxylic acids is 1. The quantitative estimate of drug-likeness (QED) is 0.788. The molecule has 0 saturated heterocycles. The summed E-state index contributed by atoms with van der Waals surface area (Å²) >= 11 is 1.57. The van der Waals surface area contributed by atoms with Gasteiger partial charge in [0.2, 0.25) is 0 Å². The summed E-state index contributed by atoms with van der Waals surface area (Å²) in [6.45, 7) is 2.63. The van der Waals surface area contributed by atoms with Gasteiger partial charge in [-0.1, -0.05) is 29.8 Å². The molecule has 0 atom stereocenters. The van der Waals surface area contributed by atoms with E-state index >= 15 is 0 Å². The van der Waals surface area contributed by atoms with Crippen molar-refractivity contribution in [2.45, 2.75) is 13.5 Å². The molecular weight excluding hydrogens is 258 g/mol. The lowest BCUT2D eigenvalue weighted by molar-refractivity contribution is 0.0686. The highest BCUT2D eigenvalue weighted by Gasteiger charge is 2.15. The Morgan fingerprint density at radius 3 is 2.89 bits per heavy atom. The topological polar surface area (TPSA) is 42.2 Å². The predicted molar refractivity (Wildman–Crippen MR) is 77.1 cm³/mol. The standard InChI is InChI=1S/C15H13NO2S/c1-10-3-2-4-11(7-10)9-16-12-5-6-19-14(12)8-13(16)15(17)18/h2-8H,9H2,1H3,(H,17,18). The molecule has 3 aromatic rings. The number of aromatic carboxylic acids is 1. The molecular formula is C15H13NO2S. The highest BCUT2D eigenvalue weighted by atomic mass is 32.1. The SMILES string of the molecule is Cc1cccc(Cn2c(C(=O)O)cc3sccc32)c1. The van der Waals surface area contributed by atoms with Gasteiger partial charge < -0.3 is 9.67 Å². The second-order valence-electron chi connectivity index (χ2n) is 4.58. The van der Waals surface area contributed by atoms with Crippen LogP contribution in [0, 0.1) is 6.92 Å². The van der Waals surface area contributed by atoms with Crippen molar-refractivity contribution in [1.82, 2.24) is 4.57 Å². The summed E-state index contributed by atoms with van der Waals surface area (Å²) in [6.07, 6.45) is 0. The Bertz CT molecular complexity index is 754. The van der Waals surface area contributed by atoms with E-state index in [1.165, 1.54) is 5.56 Å². The van der Waals surface area contributed by atoms with E-state index in [2.05, 4.69) is 6.07 Å². The Labute approximate surface area is 114 Å². The van der Waals surface area contributed by atoms with Crippen LogP contribution in [0.15, 0.2) is 41.8 Å². The summed E-state index contributed by atoms with van der Waals surface area (Å²) in [5, 5.41) is 11.3. The molecule has 0 radical (unpaired) electrons. The largest absolute Gasteiger partial charge is 0.477 e. The van der Waals surface area contributed by atoms with Crippen LogP contribution in [0.5, 0.6) is 0 Å². The first-order chi connectivity index (χ1) is 9.15. The number of aryl methyl sites for hydroxylation is 1. The van der Waals surface area contributed by atoms with Gasteiger partial charge in [0, 0.05) is 6.54 Å². The molecule has 0 fully saturated rings. The zero-order valence-electron chi connectivity index (χ0n) is 10.5. The Balaban J connectivity index is 2.10. The van der Waals surface area contributed by atoms with Crippen LogP contribution in [0.25, 0.3) is 10.2 Å². The van der Waals surface area contributed by atoms with Gasteiger partial charge in [0.15, 0.2) is 0 Å². The second-order valence-corrected chi connectivity index (χ2v) is 5.53. The summed E-state index contributed by atoms with van der Waals surface area (Å²) < 4.78 is 2.88. The Hall–Kier alpha value is -2.07. The molecule has 3 nitrogen and oxygen atoms in total. The number of hydrogen-bond acceptors (Lipinski definition) is 2. The van der Waals surface area contributed by atoms with Crippen molar-refractivity contribution in [2.75, 3.05) is 0 Å². The van der Waals surface area contributed by atoms with Gasteiger partial charge in [-0.3, -0.25) is 0 Å². The van der Waals surface area contributed by atoms with Gasteiger partial charge in [0.1, 0.15) is 5.69 Å². The minimum atomic E-state index is -0.879. The molecule has 2 aromatic heterocycles. The van der Waals surface area contributed by atoms with Gasteiger partial charge in [-0.15, -0.1) is 11.3 Å². The number of rotatable bonds is 3. The normalized spacial score (nSPS) is 11.0. The van der Waals surface area contributed by atoms with Gasteiger partial charge in [-0.2, -0.15) is 0 Å². The number of aromatic nitrogens is 1. The lowest BCUT2D eigenvalue weighted by atomic mass is 10.1. The van der Waals surface area contributed by atoms with E-state index in [-0.39, 0.29) is 0 Å². The highest BCUT2D eigenvalue weighted by Crippen LogP contribution is 2.26. The third-order valence-electron chi connectivity index (χ3n) is 3.17. The Morgan fingerprint density at radius 2 is 2.16 bits per heavy atom. The number of nitrogens with zero attached hydrogens (tertiary/aromatic N) is 1. The molecule has 0 amide bonds. The monoisotopic (exact) mass is 271 g/mol. The number of hydrogen-bond donors (Lipinski definition) is 1. The molecule has 1 N–H and O–H groups in total. The summed E-state index contributed by atoms with van der Waals surface area (Å²) in [4.78, 5) is 11.3. The molecule has 3 rings (SSSR count). The molecule has 0 aliphatic rings. The van der Waals surface area contributed by atoms with Crippen LogP contribution in [-0.2, 0) is 6.54 Å². The molecule has 0 saturated carbocycles. The summed E-state index contributed by atoms with van der Waals surface area (Å²) in [6, 6.07) is 11.9. The Morgan fingerprint density at radius 1 is 1.32 bits per heavy atom. The van der Waals surface area contributed by atoms with E-state index in [0.29, 0.717) is 12.2 Å². The Kier molecular flexibility index (Phi) is 2.87. The smallest absolute Gasteiger partial charge is 0.352 e. The molecule has 96 valence electrons. The van der Waals surface area contributed by atoms with Crippen molar-refractivity contribution in [3.8, 4) is 0 Å². The van der Waals surface area contributed by atoms with E-state index in [1.54, 1.807) is 17.4 Å². The van der Waals surface area contributed by atoms with Gasteiger partial charge in [-0.05, 0) is 30.0 Å². The van der Waals surface area contributed by atoms with E-state index in [9.17, 15) is 9.90 Å². The number of fused-ring (bicyclic) bond motifs is 1. The van der Waals surface area contributed by atoms with Crippen molar-refractivity contribution in [3.05, 3.63) is 58.6 Å². The molecule has 1 aromatic carbocycles. The molecule has 2 heterocycles. The maximum atomic E-state index is 11.3. The van der Waals surface area contributed by atoms with Gasteiger partial charge >= 0.3 is 5.97 Å². The fourth-order valence-corrected chi connectivity index (χ4v) is 3.14. The molecule has 0 spiro atoms. The molecule has 19 heavy (non-hydrogen) atoms. The second kappa shape index (κ2) is 4.55. The molecule has 4 heteroatoms. The maximum absolute atomic E-state index is 11.3. The average molecular weight is 271 g/mol. The summed E-state index contributed by atoms with van der Waals surface area (Å²) in [5.41, 5.74) is 3.64. The van der Waals surface area contributed by atoms with Crippen molar-refractivity contribution in [3.63, 3.8) is 0 Å². The lowest BCUT2D eigenvalue weighted by Crippen LogP contribution is -2.09. The third-order valence-corrected chi connectivity index (χ3v) is 4.02. The third kappa shape index (κ3) is 2.15. The first-order valence-corrected chi connectivity index (χ1v) is 6.88. The predicted octanol–water partition coefficient (Wildman–Crippen LogP) is 3.76. The molecule has 0 aliphatic heterocycles. The van der Waals surface area contributed by atoms with Crippen molar-refractivity contribution < 1.29 is 9.90 Å². The number of benzene rings is 1. The average Bonchev–Trinajstić information content (AvgIpc) is 2.92. The highest BCUT2D eigenvalue weighted by molar-refractivity contribution is 7.17. The molecule has 0 aliphatic carbocycles. The molecule has 0 unspecified atom stereocenters.